The molecule has 0 amide bonds. The lowest BCUT2D eigenvalue weighted by Crippen LogP contribution is -1.89. The molecule has 0 atom stereocenters. The van der Waals surface area contributed by atoms with Crippen LogP contribution in [0.25, 0.3) is 0 Å². The van der Waals surface area contributed by atoms with Crippen molar-refractivity contribution in [3.63, 3.8) is 0 Å². The topological polar surface area (TPSA) is 58.9 Å². The first-order valence-electron chi connectivity index (χ1n) is 4.41. The summed E-state index contributed by atoms with van der Waals surface area (Å²) in [5, 5.41) is 5.83. The predicted octanol–water partition coefficient (Wildman–Crippen LogP) is 3.91. The molecule has 14 heavy (non-hydrogen) atoms. The summed E-state index contributed by atoms with van der Waals surface area (Å²) in [4.78, 5) is 21.0. The smallest absolute Gasteiger partial charge is 0.111 e. The highest BCUT2D eigenvalue weighted by Crippen LogP contribution is 2.33. The molecule has 0 N–H and O–H groups in total. The molecule has 1 aromatic carbocycles. The Hall–Kier alpha value is -1.58. The van der Waals surface area contributed by atoms with Crippen molar-refractivity contribution in [2.75, 3.05) is 0 Å². The zero-order valence-electron chi connectivity index (χ0n) is 8.44. The molecule has 1 aromatic rings. The number of aryl methyl sites for hydroxylation is 1. The summed E-state index contributed by atoms with van der Waals surface area (Å²) < 4.78 is 0. The molecular formula is C10H12N2O2. The zero-order valence-corrected chi connectivity index (χ0v) is 8.44. The fourth-order valence-electron chi connectivity index (χ4n) is 1.34. The Labute approximate surface area is 82.3 Å². The summed E-state index contributed by atoms with van der Waals surface area (Å²) in [6.45, 7) is 5.61. The van der Waals surface area contributed by atoms with Crippen LogP contribution in [-0.4, -0.2) is 0 Å². The molecule has 0 aliphatic heterocycles. The minimum absolute atomic E-state index is 0.156. The fraction of sp³-hybridized carbons (Fsp3) is 0.400. The van der Waals surface area contributed by atoms with Crippen LogP contribution in [0, 0.1) is 16.7 Å². The molecule has 0 spiro atoms. The highest BCUT2D eigenvalue weighted by atomic mass is 16.3. The van der Waals surface area contributed by atoms with Crippen LogP contribution in [0.3, 0.4) is 0 Å². The molecule has 0 saturated carbocycles. The second-order valence-corrected chi connectivity index (χ2v) is 3.53. The Kier molecular flexibility index (Phi) is 3.06. The van der Waals surface area contributed by atoms with E-state index >= 15 is 0 Å². The Balaban J connectivity index is 3.39. The molecule has 0 aromatic heterocycles. The Morgan fingerprint density at radius 2 is 1.64 bits per heavy atom. The summed E-state index contributed by atoms with van der Waals surface area (Å²) in [6.07, 6.45) is 0. The molecule has 1 rings (SSSR count). The molecule has 74 valence electrons. The molecule has 0 aliphatic carbocycles. The maximum atomic E-state index is 10.5. The van der Waals surface area contributed by atoms with Crippen LogP contribution in [0.5, 0.6) is 0 Å². The number of rotatable bonds is 3. The lowest BCUT2D eigenvalue weighted by Gasteiger charge is -2.09. The molecule has 0 aliphatic rings. The molecule has 0 fully saturated rings. The van der Waals surface area contributed by atoms with Gasteiger partial charge in [0.2, 0.25) is 0 Å². The highest BCUT2D eigenvalue weighted by molar-refractivity contribution is 5.59. The van der Waals surface area contributed by atoms with E-state index in [1.807, 2.05) is 13.8 Å². The summed E-state index contributed by atoms with van der Waals surface area (Å²) in [7, 11) is 0. The second kappa shape index (κ2) is 4.09. The van der Waals surface area contributed by atoms with Crippen LogP contribution in [0.2, 0.25) is 0 Å². The van der Waals surface area contributed by atoms with Gasteiger partial charge in [0.1, 0.15) is 11.4 Å². The third-order valence-corrected chi connectivity index (χ3v) is 2.16. The molecule has 0 heterocycles. The first kappa shape index (κ1) is 10.5. The van der Waals surface area contributed by atoms with Crippen molar-refractivity contribution in [2.45, 2.75) is 26.7 Å². The summed E-state index contributed by atoms with van der Waals surface area (Å²) in [6, 6.07) is 3.22. The van der Waals surface area contributed by atoms with E-state index in [0.29, 0.717) is 16.9 Å². The Bertz CT molecular complexity index is 373. The standard InChI is InChI=1S/C10H12N2O2/c1-6(2)8-5-9(11-13)7(3)4-10(8)12-14/h4-6H,1-3H3. The number of nitrogens with zero attached hydrogens (tertiary/aromatic N) is 2. The molecule has 0 saturated heterocycles. The summed E-state index contributed by atoms with van der Waals surface area (Å²) in [5.41, 5.74) is 2.21. The van der Waals surface area contributed by atoms with Crippen LogP contribution in [0.15, 0.2) is 22.5 Å². The van der Waals surface area contributed by atoms with Gasteiger partial charge in [0.05, 0.1) is 0 Å². The van der Waals surface area contributed by atoms with E-state index in [-0.39, 0.29) is 5.92 Å². The SMILES string of the molecule is Cc1cc(N=O)c(C(C)C)cc1N=O. The van der Waals surface area contributed by atoms with Crippen LogP contribution in [0.4, 0.5) is 11.4 Å². The molecule has 0 unspecified atom stereocenters. The lowest BCUT2D eigenvalue weighted by atomic mass is 9.98. The van der Waals surface area contributed by atoms with E-state index < -0.39 is 0 Å². The van der Waals surface area contributed by atoms with Gasteiger partial charge in [-0.15, -0.1) is 9.81 Å². The first-order valence-corrected chi connectivity index (χ1v) is 4.41. The van der Waals surface area contributed by atoms with Gasteiger partial charge in [-0.1, -0.05) is 13.8 Å². The number of benzene rings is 1. The monoisotopic (exact) mass is 192 g/mol. The minimum atomic E-state index is 0.156. The second-order valence-electron chi connectivity index (χ2n) is 3.53. The minimum Gasteiger partial charge on any atom is -0.145 e. The van der Waals surface area contributed by atoms with Crippen LogP contribution >= 0.6 is 0 Å². The molecule has 4 nitrogen and oxygen atoms in total. The van der Waals surface area contributed by atoms with Gasteiger partial charge < -0.3 is 0 Å². The maximum absolute atomic E-state index is 10.5. The van der Waals surface area contributed by atoms with E-state index in [1.165, 1.54) is 0 Å². The van der Waals surface area contributed by atoms with Gasteiger partial charge in [0, 0.05) is 0 Å². The third kappa shape index (κ3) is 1.84. The van der Waals surface area contributed by atoms with Gasteiger partial charge in [-0.05, 0) is 46.5 Å². The molecule has 0 bridgehead atoms. The Morgan fingerprint density at radius 3 is 2.07 bits per heavy atom. The van der Waals surface area contributed by atoms with Gasteiger partial charge in [0.15, 0.2) is 0 Å². The quantitative estimate of drug-likeness (QED) is 0.681. The van der Waals surface area contributed by atoms with Gasteiger partial charge in [0.25, 0.3) is 0 Å². The number of nitroso groups, excluding NO2 is 2. The lowest BCUT2D eigenvalue weighted by molar-refractivity contribution is 0.866. The van der Waals surface area contributed by atoms with E-state index in [1.54, 1.807) is 19.1 Å². The average Bonchev–Trinajstić information content (AvgIpc) is 2.16. The maximum Gasteiger partial charge on any atom is 0.111 e. The van der Waals surface area contributed by atoms with Crippen LogP contribution in [0.1, 0.15) is 30.9 Å². The van der Waals surface area contributed by atoms with Gasteiger partial charge in [-0.3, -0.25) is 0 Å². The highest BCUT2D eigenvalue weighted by Gasteiger charge is 2.11. The van der Waals surface area contributed by atoms with Crippen molar-refractivity contribution < 1.29 is 0 Å². The average molecular weight is 192 g/mol. The van der Waals surface area contributed by atoms with Gasteiger partial charge >= 0.3 is 0 Å². The summed E-state index contributed by atoms with van der Waals surface area (Å²) in [5.74, 6) is 0.156. The van der Waals surface area contributed by atoms with Crippen molar-refractivity contribution in [3.05, 3.63) is 33.1 Å². The van der Waals surface area contributed by atoms with Gasteiger partial charge in [-0.25, -0.2) is 0 Å². The largest absolute Gasteiger partial charge is 0.145 e. The third-order valence-electron chi connectivity index (χ3n) is 2.16. The predicted molar refractivity (Wildman–Crippen MR) is 56.2 cm³/mol. The fourth-order valence-corrected chi connectivity index (χ4v) is 1.34. The van der Waals surface area contributed by atoms with Crippen LogP contribution in [-0.2, 0) is 0 Å². The van der Waals surface area contributed by atoms with Crippen molar-refractivity contribution in [2.24, 2.45) is 10.4 Å². The van der Waals surface area contributed by atoms with E-state index in [9.17, 15) is 9.81 Å². The number of hydrogen-bond donors (Lipinski definition) is 0. The zero-order chi connectivity index (χ0) is 10.7. The van der Waals surface area contributed by atoms with Crippen molar-refractivity contribution >= 4 is 11.4 Å². The van der Waals surface area contributed by atoms with E-state index in [0.717, 1.165) is 5.56 Å². The Morgan fingerprint density at radius 1 is 1.07 bits per heavy atom. The van der Waals surface area contributed by atoms with Gasteiger partial charge in [-0.2, -0.15) is 0 Å². The van der Waals surface area contributed by atoms with E-state index in [2.05, 4.69) is 10.4 Å². The van der Waals surface area contributed by atoms with Crippen molar-refractivity contribution in [1.29, 1.82) is 0 Å². The first-order chi connectivity index (χ1) is 6.60. The van der Waals surface area contributed by atoms with Crippen molar-refractivity contribution in [1.82, 2.24) is 0 Å². The number of hydrogen-bond acceptors (Lipinski definition) is 4. The van der Waals surface area contributed by atoms with E-state index in [4.69, 9.17) is 0 Å². The molecule has 0 radical (unpaired) electrons. The normalized spacial score (nSPS) is 10.3. The van der Waals surface area contributed by atoms with Crippen LogP contribution < -0.4 is 0 Å². The molecule has 4 heteroatoms. The summed E-state index contributed by atoms with van der Waals surface area (Å²) >= 11 is 0. The molecular weight excluding hydrogens is 180 g/mol. The van der Waals surface area contributed by atoms with Crippen molar-refractivity contribution in [3.8, 4) is 0 Å².